The first kappa shape index (κ1) is 12.3. The molecule has 1 aromatic carbocycles. The zero-order chi connectivity index (χ0) is 13.4. The van der Waals surface area contributed by atoms with E-state index in [9.17, 15) is 10.1 Å². The molecule has 0 radical (unpaired) electrons. The van der Waals surface area contributed by atoms with E-state index in [0.29, 0.717) is 21.8 Å². The maximum absolute atomic E-state index is 10.8. The molecule has 1 N–H and O–H groups in total. The van der Waals surface area contributed by atoms with Crippen molar-refractivity contribution in [3.05, 3.63) is 45.1 Å². The van der Waals surface area contributed by atoms with E-state index in [1.54, 1.807) is 6.07 Å². The molecule has 1 aliphatic heterocycles. The van der Waals surface area contributed by atoms with Crippen LogP contribution in [-0.4, -0.2) is 23.0 Å². The Morgan fingerprint density at radius 1 is 1.42 bits per heavy atom. The highest BCUT2D eigenvalue weighted by molar-refractivity contribution is 6.35. The van der Waals surface area contributed by atoms with Crippen molar-refractivity contribution in [3.63, 3.8) is 0 Å². The van der Waals surface area contributed by atoms with Gasteiger partial charge in [0, 0.05) is 35.7 Å². The van der Waals surface area contributed by atoms with Gasteiger partial charge in [0.1, 0.15) is 0 Å². The second-order valence-electron chi connectivity index (χ2n) is 4.68. The fourth-order valence-corrected chi connectivity index (χ4v) is 2.68. The van der Waals surface area contributed by atoms with Crippen LogP contribution in [0.15, 0.2) is 24.3 Å². The van der Waals surface area contributed by atoms with Crippen LogP contribution in [0.2, 0.25) is 5.02 Å². The fourth-order valence-electron chi connectivity index (χ4n) is 2.42. The number of pyridine rings is 1. The third-order valence-corrected chi connectivity index (χ3v) is 3.76. The number of halogens is 1. The van der Waals surface area contributed by atoms with Crippen LogP contribution >= 0.6 is 11.6 Å². The van der Waals surface area contributed by atoms with E-state index in [1.165, 1.54) is 12.1 Å². The van der Waals surface area contributed by atoms with Gasteiger partial charge in [0.15, 0.2) is 0 Å². The molecule has 1 fully saturated rings. The Bertz CT molecular complexity index is 654. The summed E-state index contributed by atoms with van der Waals surface area (Å²) in [6, 6.07) is 6.42. The van der Waals surface area contributed by atoms with Gasteiger partial charge in [-0.1, -0.05) is 11.6 Å². The van der Waals surface area contributed by atoms with E-state index in [2.05, 4.69) is 10.3 Å². The van der Waals surface area contributed by atoms with Crippen molar-refractivity contribution in [2.75, 3.05) is 13.1 Å². The number of nitrogens with one attached hydrogen (secondary N) is 1. The Morgan fingerprint density at radius 2 is 2.26 bits per heavy atom. The lowest BCUT2D eigenvalue weighted by atomic mass is 10.0. The Kier molecular flexibility index (Phi) is 3.08. The highest BCUT2D eigenvalue weighted by Crippen LogP contribution is 2.30. The highest BCUT2D eigenvalue weighted by atomic mass is 35.5. The molecule has 0 bridgehead atoms. The van der Waals surface area contributed by atoms with Gasteiger partial charge in [-0.2, -0.15) is 0 Å². The number of fused-ring (bicyclic) bond motifs is 1. The van der Waals surface area contributed by atoms with Gasteiger partial charge >= 0.3 is 0 Å². The minimum Gasteiger partial charge on any atom is -0.316 e. The van der Waals surface area contributed by atoms with Crippen molar-refractivity contribution in [2.24, 2.45) is 0 Å². The normalized spacial score (nSPS) is 18.9. The molecule has 0 aliphatic carbocycles. The number of aromatic nitrogens is 1. The van der Waals surface area contributed by atoms with Gasteiger partial charge in [-0.25, -0.2) is 0 Å². The summed E-state index contributed by atoms with van der Waals surface area (Å²) in [7, 11) is 0. The lowest BCUT2D eigenvalue weighted by molar-refractivity contribution is -0.384. The van der Waals surface area contributed by atoms with Crippen LogP contribution in [0.1, 0.15) is 18.0 Å². The van der Waals surface area contributed by atoms with Crippen LogP contribution in [0, 0.1) is 10.1 Å². The number of rotatable bonds is 2. The number of benzene rings is 1. The van der Waals surface area contributed by atoms with E-state index in [4.69, 9.17) is 11.6 Å². The maximum Gasteiger partial charge on any atom is 0.270 e. The molecule has 98 valence electrons. The summed E-state index contributed by atoms with van der Waals surface area (Å²) in [5.41, 5.74) is 1.70. The number of nitrogens with zero attached hydrogens (tertiary/aromatic N) is 2. The van der Waals surface area contributed by atoms with E-state index >= 15 is 0 Å². The molecule has 1 aromatic heterocycles. The smallest absolute Gasteiger partial charge is 0.270 e. The molecule has 1 aliphatic rings. The van der Waals surface area contributed by atoms with Gasteiger partial charge in [-0.15, -0.1) is 0 Å². The molecule has 0 saturated carbocycles. The predicted octanol–water partition coefficient (Wildman–Crippen LogP) is 2.87. The van der Waals surface area contributed by atoms with Crippen LogP contribution in [0.3, 0.4) is 0 Å². The van der Waals surface area contributed by atoms with Crippen LogP contribution < -0.4 is 5.32 Å². The average molecular weight is 278 g/mol. The lowest BCUT2D eigenvalue weighted by Crippen LogP contribution is -2.09. The Morgan fingerprint density at radius 3 is 2.95 bits per heavy atom. The van der Waals surface area contributed by atoms with Gasteiger partial charge in [0.05, 0.1) is 15.5 Å². The van der Waals surface area contributed by atoms with Gasteiger partial charge in [0.2, 0.25) is 0 Å². The van der Waals surface area contributed by atoms with E-state index in [1.807, 2.05) is 6.07 Å². The third-order valence-electron chi connectivity index (χ3n) is 3.45. The summed E-state index contributed by atoms with van der Waals surface area (Å²) in [5.74, 6) is 0.372. The molecule has 0 spiro atoms. The van der Waals surface area contributed by atoms with E-state index in [-0.39, 0.29) is 5.69 Å². The molecule has 1 saturated heterocycles. The molecule has 6 heteroatoms. The second-order valence-corrected chi connectivity index (χ2v) is 5.08. The molecule has 5 nitrogen and oxygen atoms in total. The Balaban J connectivity index is 2.11. The van der Waals surface area contributed by atoms with Crippen molar-refractivity contribution in [1.82, 2.24) is 10.3 Å². The second kappa shape index (κ2) is 4.75. The molecular weight excluding hydrogens is 266 g/mol. The average Bonchev–Trinajstić information content (AvgIpc) is 2.92. The van der Waals surface area contributed by atoms with Gasteiger partial charge in [0.25, 0.3) is 5.69 Å². The highest BCUT2D eigenvalue weighted by Gasteiger charge is 2.20. The zero-order valence-corrected chi connectivity index (χ0v) is 10.9. The first-order valence-electron chi connectivity index (χ1n) is 6.10. The number of hydrogen-bond donors (Lipinski definition) is 1. The summed E-state index contributed by atoms with van der Waals surface area (Å²) >= 11 is 6.23. The van der Waals surface area contributed by atoms with Gasteiger partial charge in [-0.3, -0.25) is 15.1 Å². The minimum absolute atomic E-state index is 0.0338. The quantitative estimate of drug-likeness (QED) is 0.677. The lowest BCUT2D eigenvalue weighted by Gasteiger charge is -2.10. The SMILES string of the molecule is O=[N+]([O-])c1ccc2nc(C3CCNC3)cc(Cl)c2c1. The van der Waals surface area contributed by atoms with Crippen molar-refractivity contribution >= 4 is 28.2 Å². The molecule has 1 atom stereocenters. The summed E-state index contributed by atoms with van der Waals surface area (Å²) in [5, 5.41) is 15.2. The van der Waals surface area contributed by atoms with Crippen LogP contribution in [0.25, 0.3) is 10.9 Å². The summed E-state index contributed by atoms with van der Waals surface area (Å²) < 4.78 is 0. The minimum atomic E-state index is -0.426. The van der Waals surface area contributed by atoms with Crippen LogP contribution in [0.5, 0.6) is 0 Å². The molecule has 0 amide bonds. The van der Waals surface area contributed by atoms with E-state index < -0.39 is 4.92 Å². The van der Waals surface area contributed by atoms with Crippen molar-refractivity contribution in [2.45, 2.75) is 12.3 Å². The fraction of sp³-hybridized carbons (Fsp3) is 0.308. The Labute approximate surface area is 114 Å². The van der Waals surface area contributed by atoms with Crippen molar-refractivity contribution in [1.29, 1.82) is 0 Å². The first-order chi connectivity index (χ1) is 9.15. The summed E-state index contributed by atoms with van der Waals surface area (Å²) in [6.07, 6.45) is 1.04. The predicted molar refractivity (Wildman–Crippen MR) is 73.6 cm³/mol. The van der Waals surface area contributed by atoms with Gasteiger partial charge in [-0.05, 0) is 25.1 Å². The van der Waals surface area contributed by atoms with E-state index in [0.717, 1.165) is 25.2 Å². The number of nitro groups is 1. The molecule has 3 rings (SSSR count). The Hall–Kier alpha value is -1.72. The maximum atomic E-state index is 10.8. The number of nitro benzene ring substituents is 1. The molecular formula is C13H12ClN3O2. The zero-order valence-electron chi connectivity index (χ0n) is 10.1. The molecule has 19 heavy (non-hydrogen) atoms. The molecule has 2 aromatic rings. The molecule has 2 heterocycles. The number of non-ortho nitro benzene ring substituents is 1. The summed E-state index contributed by atoms with van der Waals surface area (Å²) in [4.78, 5) is 14.9. The summed E-state index contributed by atoms with van der Waals surface area (Å²) in [6.45, 7) is 1.89. The monoisotopic (exact) mass is 277 g/mol. The standard InChI is InChI=1S/C13H12ClN3O2/c14-11-6-13(8-3-4-15-7-8)16-12-2-1-9(17(18)19)5-10(11)12/h1-2,5-6,8,15H,3-4,7H2. The van der Waals surface area contributed by atoms with Gasteiger partial charge < -0.3 is 5.32 Å². The first-order valence-corrected chi connectivity index (χ1v) is 6.48. The largest absolute Gasteiger partial charge is 0.316 e. The van der Waals surface area contributed by atoms with Crippen LogP contribution in [-0.2, 0) is 0 Å². The molecule has 1 unspecified atom stereocenters. The van der Waals surface area contributed by atoms with Crippen molar-refractivity contribution in [3.8, 4) is 0 Å². The third kappa shape index (κ3) is 2.27. The van der Waals surface area contributed by atoms with Crippen LogP contribution in [0.4, 0.5) is 5.69 Å². The van der Waals surface area contributed by atoms with Crippen molar-refractivity contribution < 1.29 is 4.92 Å². The topological polar surface area (TPSA) is 68.1 Å². The number of hydrogen-bond acceptors (Lipinski definition) is 4.